The maximum absolute atomic E-state index is 2.22. The molecule has 0 unspecified atom stereocenters. The molecule has 2 aromatic carbocycles. The van der Waals surface area contributed by atoms with Crippen molar-refractivity contribution >= 4 is 12.2 Å². The van der Waals surface area contributed by atoms with Crippen molar-refractivity contribution in [2.45, 2.75) is 40.5 Å². The van der Waals surface area contributed by atoms with E-state index in [9.17, 15) is 0 Å². The van der Waals surface area contributed by atoms with Gasteiger partial charge in [-0.15, -0.1) is 0 Å². The zero-order valence-corrected chi connectivity index (χ0v) is 13.2. The predicted octanol–water partition coefficient (Wildman–Crippen LogP) is 6.14. The molecule has 0 fully saturated rings. The first-order chi connectivity index (χ1) is 9.78. The Hall–Kier alpha value is -1.82. The molecule has 2 aromatic rings. The van der Waals surface area contributed by atoms with E-state index >= 15 is 0 Å². The maximum Gasteiger partial charge on any atom is -0.0256 e. The Balaban J connectivity index is 0.000000956. The summed E-state index contributed by atoms with van der Waals surface area (Å²) >= 11 is 0. The van der Waals surface area contributed by atoms with E-state index in [0.717, 1.165) is 0 Å². The van der Waals surface area contributed by atoms with Crippen molar-refractivity contribution in [1.29, 1.82) is 0 Å². The van der Waals surface area contributed by atoms with Gasteiger partial charge in [0.25, 0.3) is 0 Å². The predicted molar refractivity (Wildman–Crippen MR) is 91.9 cm³/mol. The van der Waals surface area contributed by atoms with Crippen LogP contribution in [0.3, 0.4) is 0 Å². The van der Waals surface area contributed by atoms with Crippen molar-refractivity contribution in [3.63, 3.8) is 0 Å². The van der Waals surface area contributed by atoms with Crippen LogP contribution in [0.2, 0.25) is 0 Å². The van der Waals surface area contributed by atoms with Gasteiger partial charge in [-0.25, -0.2) is 0 Å². The topological polar surface area (TPSA) is 0 Å². The van der Waals surface area contributed by atoms with Crippen molar-refractivity contribution in [1.82, 2.24) is 0 Å². The van der Waals surface area contributed by atoms with Crippen molar-refractivity contribution < 1.29 is 0 Å². The van der Waals surface area contributed by atoms with E-state index < -0.39 is 0 Å². The molecule has 0 nitrogen and oxygen atoms in total. The summed E-state index contributed by atoms with van der Waals surface area (Å²) in [6.07, 6.45) is 6.70. The fraction of sp³-hybridized carbons (Fsp3) is 0.300. The van der Waals surface area contributed by atoms with E-state index in [1.54, 1.807) is 0 Å². The second kappa shape index (κ2) is 9.14. The van der Waals surface area contributed by atoms with Gasteiger partial charge in [0, 0.05) is 0 Å². The first-order valence-electron chi connectivity index (χ1n) is 7.61. The molecule has 0 radical (unpaired) electrons. The van der Waals surface area contributed by atoms with Gasteiger partial charge in [-0.3, -0.25) is 0 Å². The van der Waals surface area contributed by atoms with Crippen LogP contribution < -0.4 is 0 Å². The first kappa shape index (κ1) is 16.2. The highest BCUT2D eigenvalue weighted by molar-refractivity contribution is 5.69. The van der Waals surface area contributed by atoms with Crippen LogP contribution in [0.15, 0.2) is 48.5 Å². The third kappa shape index (κ3) is 5.44. The number of benzene rings is 2. The zero-order valence-electron chi connectivity index (χ0n) is 13.2. The van der Waals surface area contributed by atoms with Crippen LogP contribution in [0.5, 0.6) is 0 Å². The molecule has 20 heavy (non-hydrogen) atoms. The average Bonchev–Trinajstić information content (AvgIpc) is 2.50. The molecule has 0 saturated carbocycles. The lowest BCUT2D eigenvalue weighted by Crippen LogP contribution is -1.82. The van der Waals surface area contributed by atoms with E-state index in [-0.39, 0.29) is 0 Å². The number of hydrogen-bond donors (Lipinski definition) is 0. The molecule has 0 aliphatic rings. The number of rotatable bonds is 4. The lowest BCUT2D eigenvalue weighted by atomic mass is 10.1. The second-order valence-electron chi connectivity index (χ2n) is 4.74. The average molecular weight is 266 g/mol. The molecule has 2 rings (SSSR count). The van der Waals surface area contributed by atoms with Crippen LogP contribution in [-0.2, 0) is 6.42 Å². The normalized spacial score (nSPS) is 10.2. The van der Waals surface area contributed by atoms with Crippen LogP contribution in [0, 0.1) is 6.92 Å². The third-order valence-corrected chi connectivity index (χ3v) is 3.06. The lowest BCUT2D eigenvalue weighted by molar-refractivity contribution is 0.922. The largest absolute Gasteiger partial charge is 0.0683 e. The highest BCUT2D eigenvalue weighted by atomic mass is 14.0. The molecular formula is C20H26. The quantitative estimate of drug-likeness (QED) is 0.583. The highest BCUT2D eigenvalue weighted by Gasteiger charge is 1.91. The van der Waals surface area contributed by atoms with Gasteiger partial charge in [0.1, 0.15) is 0 Å². The highest BCUT2D eigenvalue weighted by Crippen LogP contribution is 2.11. The van der Waals surface area contributed by atoms with Crippen molar-refractivity contribution in [3.05, 3.63) is 70.8 Å². The maximum atomic E-state index is 2.22. The minimum Gasteiger partial charge on any atom is -0.0683 e. The Kier molecular flexibility index (Phi) is 7.42. The van der Waals surface area contributed by atoms with E-state index in [2.05, 4.69) is 74.5 Å². The Bertz CT molecular complexity index is 501. The summed E-state index contributed by atoms with van der Waals surface area (Å²) in [6.45, 7) is 8.32. The summed E-state index contributed by atoms with van der Waals surface area (Å²) in [5.74, 6) is 0. The zero-order chi connectivity index (χ0) is 14.8. The second-order valence-corrected chi connectivity index (χ2v) is 4.74. The standard InChI is InChI=1S/C18H20.C2H6/c1-3-4-16-9-11-18(12-10-16)14-13-17-7-5-15(2)6-8-17;1-2/h5-14H,3-4H2,1-2H3;1-2H3/b14-13+;. The summed E-state index contributed by atoms with van der Waals surface area (Å²) in [6, 6.07) is 17.4. The SMILES string of the molecule is CC.CCCc1ccc(/C=C/c2ccc(C)cc2)cc1. The van der Waals surface area contributed by atoms with Gasteiger partial charge in [0.05, 0.1) is 0 Å². The summed E-state index contributed by atoms with van der Waals surface area (Å²) in [5, 5.41) is 0. The van der Waals surface area contributed by atoms with Crippen LogP contribution in [0.4, 0.5) is 0 Å². The Morgan fingerprint density at radius 2 is 1.20 bits per heavy atom. The molecule has 0 aromatic heterocycles. The Morgan fingerprint density at radius 3 is 1.65 bits per heavy atom. The van der Waals surface area contributed by atoms with Crippen LogP contribution in [-0.4, -0.2) is 0 Å². The summed E-state index contributed by atoms with van der Waals surface area (Å²) in [5.41, 5.74) is 5.23. The minimum atomic E-state index is 1.17. The molecule has 106 valence electrons. The third-order valence-electron chi connectivity index (χ3n) is 3.06. The molecule has 0 amide bonds. The first-order valence-corrected chi connectivity index (χ1v) is 7.61. The van der Waals surface area contributed by atoms with Crippen LogP contribution in [0.25, 0.3) is 12.2 Å². The molecule has 0 heterocycles. The Morgan fingerprint density at radius 1 is 0.750 bits per heavy atom. The number of aryl methyl sites for hydroxylation is 2. The van der Waals surface area contributed by atoms with Crippen LogP contribution >= 0.6 is 0 Å². The summed E-state index contributed by atoms with van der Waals surface area (Å²) < 4.78 is 0. The van der Waals surface area contributed by atoms with E-state index in [1.165, 1.54) is 35.1 Å². The summed E-state index contributed by atoms with van der Waals surface area (Å²) in [4.78, 5) is 0. The van der Waals surface area contributed by atoms with Crippen molar-refractivity contribution in [2.75, 3.05) is 0 Å². The molecule has 0 aliphatic heterocycles. The van der Waals surface area contributed by atoms with Crippen LogP contribution in [0.1, 0.15) is 49.4 Å². The number of hydrogen-bond acceptors (Lipinski definition) is 0. The van der Waals surface area contributed by atoms with E-state index in [0.29, 0.717) is 0 Å². The Labute approximate surface area is 124 Å². The van der Waals surface area contributed by atoms with Gasteiger partial charge in [0.15, 0.2) is 0 Å². The van der Waals surface area contributed by atoms with E-state index in [1.807, 2.05) is 13.8 Å². The molecule has 0 heteroatoms. The smallest absolute Gasteiger partial charge is 0.0256 e. The van der Waals surface area contributed by atoms with Gasteiger partial charge in [-0.1, -0.05) is 93.4 Å². The molecule has 0 saturated heterocycles. The summed E-state index contributed by atoms with van der Waals surface area (Å²) in [7, 11) is 0. The molecule has 0 atom stereocenters. The van der Waals surface area contributed by atoms with E-state index in [4.69, 9.17) is 0 Å². The van der Waals surface area contributed by atoms with Gasteiger partial charge in [-0.2, -0.15) is 0 Å². The molecule has 0 aliphatic carbocycles. The molecule has 0 spiro atoms. The molecule has 0 bridgehead atoms. The van der Waals surface area contributed by atoms with Gasteiger partial charge >= 0.3 is 0 Å². The molecular weight excluding hydrogens is 240 g/mol. The fourth-order valence-electron chi connectivity index (χ4n) is 1.95. The molecule has 0 N–H and O–H groups in total. The lowest BCUT2D eigenvalue weighted by Gasteiger charge is -1.99. The van der Waals surface area contributed by atoms with Gasteiger partial charge in [0.2, 0.25) is 0 Å². The van der Waals surface area contributed by atoms with Gasteiger partial charge in [-0.05, 0) is 30.0 Å². The van der Waals surface area contributed by atoms with Crippen molar-refractivity contribution in [2.24, 2.45) is 0 Å². The van der Waals surface area contributed by atoms with Crippen molar-refractivity contribution in [3.8, 4) is 0 Å². The fourth-order valence-corrected chi connectivity index (χ4v) is 1.95. The monoisotopic (exact) mass is 266 g/mol. The van der Waals surface area contributed by atoms with Gasteiger partial charge < -0.3 is 0 Å². The minimum absolute atomic E-state index is 1.17.